The first kappa shape index (κ1) is 16.5. The smallest absolute Gasteiger partial charge is 0.434 e. The predicted molar refractivity (Wildman–Crippen MR) is 71.0 cm³/mol. The number of aliphatic carboxylic acids is 1. The van der Waals surface area contributed by atoms with Gasteiger partial charge in [-0.3, -0.25) is 14.1 Å². The summed E-state index contributed by atoms with van der Waals surface area (Å²) in [6, 6.07) is 0. The van der Waals surface area contributed by atoms with Crippen LogP contribution in [0.3, 0.4) is 0 Å². The van der Waals surface area contributed by atoms with Gasteiger partial charge in [-0.05, 0) is 6.92 Å². The molecule has 0 aliphatic rings. The van der Waals surface area contributed by atoms with E-state index in [1.165, 1.54) is 14.2 Å². The highest BCUT2D eigenvalue weighted by Crippen LogP contribution is 2.46. The lowest BCUT2D eigenvalue weighted by atomic mass is 10.4. The van der Waals surface area contributed by atoms with Gasteiger partial charge in [0.2, 0.25) is 16.7 Å². The number of rotatable bonds is 8. The zero-order valence-corrected chi connectivity index (χ0v) is 12.6. The molecule has 0 spiro atoms. The maximum absolute atomic E-state index is 11.8. The fourth-order valence-electron chi connectivity index (χ4n) is 0.953. The van der Waals surface area contributed by atoms with Crippen LogP contribution >= 0.6 is 19.3 Å². The largest absolute Gasteiger partial charge is 0.476 e. The Morgan fingerprint density at radius 2 is 2.15 bits per heavy atom. The number of aromatic nitrogens is 2. The van der Waals surface area contributed by atoms with Crippen molar-refractivity contribution in [2.45, 2.75) is 6.92 Å². The molecule has 0 amide bonds. The van der Waals surface area contributed by atoms with Crippen molar-refractivity contribution in [1.82, 2.24) is 9.36 Å². The van der Waals surface area contributed by atoms with Crippen LogP contribution in [0, 0.1) is 0 Å². The second kappa shape index (κ2) is 7.29. The second-order valence-corrected chi connectivity index (χ2v) is 5.76. The van der Waals surface area contributed by atoms with Crippen LogP contribution in [0.25, 0.3) is 0 Å². The molecule has 0 bridgehead atoms. The van der Waals surface area contributed by atoms with E-state index in [0.29, 0.717) is 0 Å². The van der Waals surface area contributed by atoms with Gasteiger partial charge in [-0.2, -0.15) is 9.36 Å². The van der Waals surface area contributed by atoms with Crippen molar-refractivity contribution in [2.24, 2.45) is 5.16 Å². The highest BCUT2D eigenvalue weighted by Gasteiger charge is 2.25. The summed E-state index contributed by atoms with van der Waals surface area (Å²) >= 11 is 0.782. The molecule has 1 rings (SSSR count). The molecule has 0 unspecified atom stereocenters. The van der Waals surface area contributed by atoms with Crippen molar-refractivity contribution in [3.63, 3.8) is 0 Å². The van der Waals surface area contributed by atoms with E-state index in [-0.39, 0.29) is 17.6 Å². The van der Waals surface area contributed by atoms with Crippen molar-refractivity contribution in [3.05, 3.63) is 5.82 Å². The fourth-order valence-corrected chi connectivity index (χ4v) is 2.49. The molecule has 112 valence electrons. The first-order valence-corrected chi connectivity index (χ1v) is 7.54. The molecule has 0 radical (unpaired) electrons. The minimum Gasteiger partial charge on any atom is -0.476 e. The summed E-state index contributed by atoms with van der Waals surface area (Å²) in [5.41, 5.74) is -0.458. The van der Waals surface area contributed by atoms with Crippen LogP contribution in [0.1, 0.15) is 12.7 Å². The Kier molecular flexibility index (Phi) is 6.02. The molecule has 1 aromatic heterocycles. The zero-order valence-electron chi connectivity index (χ0n) is 10.9. The minimum absolute atomic E-state index is 0.0671. The quantitative estimate of drug-likeness (QED) is 0.411. The Morgan fingerprint density at radius 1 is 1.50 bits per heavy atom. The molecule has 2 N–H and O–H groups in total. The molecule has 0 saturated carbocycles. The summed E-state index contributed by atoms with van der Waals surface area (Å²) < 4.78 is 24.9. The summed E-state index contributed by atoms with van der Waals surface area (Å²) in [5.74, 6) is -1.51. The lowest BCUT2D eigenvalue weighted by molar-refractivity contribution is -0.129. The molecule has 1 heterocycles. The van der Waals surface area contributed by atoms with Crippen LogP contribution in [0.15, 0.2) is 5.16 Å². The third-order valence-corrected chi connectivity index (χ3v) is 4.07. The van der Waals surface area contributed by atoms with Crippen LogP contribution in [-0.2, 0) is 23.2 Å². The van der Waals surface area contributed by atoms with Crippen molar-refractivity contribution < 1.29 is 28.4 Å². The van der Waals surface area contributed by atoms with E-state index in [2.05, 4.69) is 33.5 Å². The molecular weight excluding hydrogens is 311 g/mol. The number of anilines is 1. The number of nitrogens with zero attached hydrogens (tertiary/aromatic N) is 3. The summed E-state index contributed by atoms with van der Waals surface area (Å²) in [6.07, 6.45) is 0. The van der Waals surface area contributed by atoms with Gasteiger partial charge in [0.1, 0.15) is 6.61 Å². The van der Waals surface area contributed by atoms with E-state index >= 15 is 0 Å². The first-order valence-electron chi connectivity index (χ1n) is 5.23. The molecule has 1 aromatic rings. The predicted octanol–water partition coefficient (Wildman–Crippen LogP) is 1.18. The molecular formula is C8H13N4O6PS. The van der Waals surface area contributed by atoms with Crippen LogP contribution in [0.4, 0.5) is 5.13 Å². The molecule has 12 heteroatoms. The highest BCUT2D eigenvalue weighted by atomic mass is 32.1. The first-order chi connectivity index (χ1) is 9.45. The van der Waals surface area contributed by atoms with Gasteiger partial charge in [0.05, 0.1) is 0 Å². The fraction of sp³-hybridized carbons (Fsp3) is 0.500. The van der Waals surface area contributed by atoms with Crippen molar-refractivity contribution in [3.8, 4) is 0 Å². The van der Waals surface area contributed by atoms with Gasteiger partial charge < -0.3 is 9.94 Å². The monoisotopic (exact) mass is 324 g/mol. The Balaban J connectivity index is 2.96. The van der Waals surface area contributed by atoms with Gasteiger partial charge in [-0.25, -0.2) is 9.36 Å². The Hall–Kier alpha value is -1.55. The standard InChI is InChI=1S/C8H13N4O6PS/c1-4-18-10-5(7(13)14)6-9-8(20-12-6)11-19(15,16-2)17-3/h4H2,1-3H3,(H,13,14)(H,9,11,12,15)/b10-5-. The van der Waals surface area contributed by atoms with E-state index in [0.717, 1.165) is 11.5 Å². The normalized spacial score (nSPS) is 12.2. The molecule has 20 heavy (non-hydrogen) atoms. The Bertz CT molecular complexity index is 539. The maximum atomic E-state index is 11.8. The van der Waals surface area contributed by atoms with E-state index in [1.54, 1.807) is 6.92 Å². The number of oxime groups is 1. The molecule has 0 aliphatic carbocycles. The van der Waals surface area contributed by atoms with Gasteiger partial charge in [0.15, 0.2) is 0 Å². The topological polar surface area (TPSA) is 132 Å². The van der Waals surface area contributed by atoms with Gasteiger partial charge in [0.25, 0.3) is 0 Å². The number of hydrogen-bond donors (Lipinski definition) is 2. The highest BCUT2D eigenvalue weighted by molar-refractivity contribution is 7.55. The van der Waals surface area contributed by atoms with E-state index < -0.39 is 19.4 Å². The van der Waals surface area contributed by atoms with Crippen molar-refractivity contribution >= 4 is 36.1 Å². The Morgan fingerprint density at radius 3 is 2.65 bits per heavy atom. The summed E-state index contributed by atoms with van der Waals surface area (Å²) in [5, 5.41) is 14.8. The third kappa shape index (κ3) is 4.23. The lowest BCUT2D eigenvalue weighted by Gasteiger charge is -2.12. The minimum atomic E-state index is -3.53. The Labute approximate surface area is 118 Å². The summed E-state index contributed by atoms with van der Waals surface area (Å²) in [6.45, 7) is 1.85. The molecule has 0 atom stereocenters. The van der Waals surface area contributed by atoms with Gasteiger partial charge in [-0.15, -0.1) is 0 Å². The SMILES string of the molecule is CCO/N=C(\C(=O)O)c1nsc(NP(=O)(OC)OC)n1. The van der Waals surface area contributed by atoms with Crippen molar-refractivity contribution in [2.75, 3.05) is 25.9 Å². The van der Waals surface area contributed by atoms with Crippen LogP contribution in [0.5, 0.6) is 0 Å². The van der Waals surface area contributed by atoms with Crippen molar-refractivity contribution in [1.29, 1.82) is 0 Å². The van der Waals surface area contributed by atoms with E-state index in [4.69, 9.17) is 5.11 Å². The second-order valence-electron chi connectivity index (χ2n) is 3.06. The molecule has 0 fully saturated rings. The van der Waals surface area contributed by atoms with Crippen LogP contribution in [-0.4, -0.2) is 47.0 Å². The average Bonchev–Trinajstić information content (AvgIpc) is 2.86. The molecule has 0 saturated heterocycles. The van der Waals surface area contributed by atoms with Gasteiger partial charge in [0, 0.05) is 25.8 Å². The number of carboxylic acid groups (broad SMARTS) is 1. The molecule has 0 aliphatic heterocycles. The number of nitrogens with one attached hydrogen (secondary N) is 1. The number of hydrogen-bond acceptors (Lipinski definition) is 9. The van der Waals surface area contributed by atoms with Crippen LogP contribution in [0.2, 0.25) is 0 Å². The zero-order chi connectivity index (χ0) is 15.2. The van der Waals surface area contributed by atoms with E-state index in [9.17, 15) is 9.36 Å². The van der Waals surface area contributed by atoms with E-state index in [1.807, 2.05) is 0 Å². The van der Waals surface area contributed by atoms with Gasteiger partial charge in [-0.1, -0.05) is 5.16 Å². The average molecular weight is 324 g/mol. The number of carboxylic acids is 1. The summed E-state index contributed by atoms with van der Waals surface area (Å²) in [7, 11) is -1.14. The molecule has 10 nitrogen and oxygen atoms in total. The summed E-state index contributed by atoms with van der Waals surface area (Å²) in [4.78, 5) is 19.5. The lowest BCUT2D eigenvalue weighted by Crippen LogP contribution is -2.16. The number of carbonyl (C=O) groups is 1. The van der Waals surface area contributed by atoms with Crippen LogP contribution < -0.4 is 5.09 Å². The van der Waals surface area contributed by atoms with Gasteiger partial charge >= 0.3 is 13.7 Å². The third-order valence-electron chi connectivity index (χ3n) is 1.84. The maximum Gasteiger partial charge on any atom is 0.434 e. The molecule has 0 aromatic carbocycles.